The lowest BCUT2D eigenvalue weighted by Gasteiger charge is -2.30. The van der Waals surface area contributed by atoms with E-state index in [0.29, 0.717) is 46.8 Å². The molecule has 206 valence electrons. The van der Waals surface area contributed by atoms with Gasteiger partial charge in [0.05, 0.1) is 22.9 Å². The van der Waals surface area contributed by atoms with Crippen molar-refractivity contribution in [1.29, 1.82) is 0 Å². The average molecular weight is 559 g/mol. The molecule has 9 heteroatoms. The summed E-state index contributed by atoms with van der Waals surface area (Å²) in [5.41, 5.74) is 6.74. The summed E-state index contributed by atoms with van der Waals surface area (Å²) < 4.78 is 16.7. The average Bonchev–Trinajstić information content (AvgIpc) is 3.58. The topological polar surface area (TPSA) is 91.2 Å². The Balaban J connectivity index is 1.27. The number of hydrogen-bond acceptors (Lipinski definition) is 5. The predicted octanol–water partition coefficient (Wildman–Crippen LogP) is 5.02. The van der Waals surface area contributed by atoms with Crippen molar-refractivity contribution < 1.29 is 14.3 Å². The molecule has 0 unspecified atom stereocenters. The van der Waals surface area contributed by atoms with Crippen LogP contribution < -0.4 is 10.5 Å². The normalized spacial score (nSPS) is 16.8. The Labute approximate surface area is 235 Å². The molecule has 3 aliphatic rings. The molecule has 1 aliphatic heterocycles. The summed E-state index contributed by atoms with van der Waals surface area (Å²) >= 11 is 1.58. The second-order valence-electron chi connectivity index (χ2n) is 11.3. The minimum absolute atomic E-state index is 0.126. The van der Waals surface area contributed by atoms with Gasteiger partial charge in [-0.05, 0) is 91.5 Å². The van der Waals surface area contributed by atoms with E-state index in [0.717, 1.165) is 66.8 Å². The molecule has 4 aromatic rings. The molecule has 3 aromatic heterocycles. The van der Waals surface area contributed by atoms with Crippen LogP contribution in [0.3, 0.4) is 0 Å². The summed E-state index contributed by atoms with van der Waals surface area (Å²) in [5.74, 6) is -0.117. The van der Waals surface area contributed by atoms with Gasteiger partial charge >= 0.3 is 0 Å². The Morgan fingerprint density at radius 3 is 2.73 bits per heavy atom. The second kappa shape index (κ2) is 9.82. The molecule has 40 heavy (non-hydrogen) atoms. The van der Waals surface area contributed by atoms with Crippen LogP contribution in [-0.4, -0.2) is 32.3 Å². The van der Waals surface area contributed by atoms with Gasteiger partial charge < -0.3 is 14.6 Å². The van der Waals surface area contributed by atoms with E-state index in [1.807, 2.05) is 6.07 Å². The third-order valence-corrected chi connectivity index (χ3v) is 9.86. The number of benzene rings is 1. The van der Waals surface area contributed by atoms with E-state index >= 15 is 4.39 Å². The van der Waals surface area contributed by atoms with Gasteiger partial charge in [0.25, 0.3) is 11.5 Å². The van der Waals surface area contributed by atoms with Crippen molar-refractivity contribution in [3.05, 3.63) is 90.0 Å². The summed E-state index contributed by atoms with van der Waals surface area (Å²) in [6.07, 6.45) is 9.38. The molecule has 4 heterocycles. The fourth-order valence-electron chi connectivity index (χ4n) is 6.35. The highest BCUT2D eigenvalue weighted by atomic mass is 32.1. The van der Waals surface area contributed by atoms with E-state index in [1.54, 1.807) is 35.5 Å². The first-order valence-corrected chi connectivity index (χ1v) is 14.9. The van der Waals surface area contributed by atoms with Gasteiger partial charge in [-0.1, -0.05) is 0 Å². The number of amides is 1. The first-order chi connectivity index (χ1) is 19.4. The number of aromatic amines is 1. The summed E-state index contributed by atoms with van der Waals surface area (Å²) in [5, 5.41) is 18.0. The molecule has 1 fully saturated rings. The smallest absolute Gasteiger partial charge is 0.268 e. The van der Waals surface area contributed by atoms with E-state index in [-0.39, 0.29) is 18.1 Å². The van der Waals surface area contributed by atoms with Crippen molar-refractivity contribution in [2.75, 3.05) is 11.4 Å². The van der Waals surface area contributed by atoms with Crippen molar-refractivity contribution in [1.82, 2.24) is 14.8 Å². The van der Waals surface area contributed by atoms with Crippen molar-refractivity contribution in [3.63, 3.8) is 0 Å². The molecule has 2 N–H and O–H groups in total. The molecule has 7 rings (SSSR count). The van der Waals surface area contributed by atoms with Crippen LogP contribution in [-0.2, 0) is 39.3 Å². The highest BCUT2D eigenvalue weighted by Gasteiger charge is 2.33. The highest BCUT2D eigenvalue weighted by molar-refractivity contribution is 7.14. The number of nitrogens with zero attached hydrogens (tertiary/aromatic N) is 3. The number of carbonyl (C=O) groups is 1. The number of aromatic nitrogens is 3. The largest absolute Gasteiger partial charge is 0.392 e. The number of carbonyl (C=O) groups excluding carboxylic acids is 1. The molecule has 2 aliphatic carbocycles. The van der Waals surface area contributed by atoms with Gasteiger partial charge in [-0.2, -0.15) is 5.10 Å². The van der Waals surface area contributed by atoms with Crippen LogP contribution in [0.15, 0.2) is 35.3 Å². The maximum absolute atomic E-state index is 15.2. The Kier molecular flexibility index (Phi) is 6.24. The quantitative estimate of drug-likeness (QED) is 0.348. The van der Waals surface area contributed by atoms with Crippen LogP contribution in [0.2, 0.25) is 0 Å². The molecular formula is C31H31FN4O3S. The zero-order valence-electron chi connectivity index (χ0n) is 22.4. The Morgan fingerprint density at radius 1 is 1.10 bits per heavy atom. The van der Waals surface area contributed by atoms with Crippen molar-refractivity contribution in [2.45, 2.75) is 63.9 Å². The van der Waals surface area contributed by atoms with Crippen LogP contribution in [0.1, 0.15) is 79.8 Å². The van der Waals surface area contributed by atoms with Gasteiger partial charge in [0.15, 0.2) is 0 Å². The molecule has 0 bridgehead atoms. The number of rotatable bonds is 6. The molecule has 1 saturated carbocycles. The number of aliphatic hydroxyl groups is 1. The molecular weight excluding hydrogens is 527 g/mol. The van der Waals surface area contributed by atoms with Crippen LogP contribution in [0.25, 0.3) is 11.1 Å². The van der Waals surface area contributed by atoms with Gasteiger partial charge in [-0.15, -0.1) is 11.3 Å². The van der Waals surface area contributed by atoms with Crippen LogP contribution in [0.4, 0.5) is 10.1 Å². The molecule has 0 radical (unpaired) electrons. The van der Waals surface area contributed by atoms with Gasteiger partial charge in [0.2, 0.25) is 0 Å². The van der Waals surface area contributed by atoms with Crippen LogP contribution >= 0.6 is 11.3 Å². The lowest BCUT2D eigenvalue weighted by atomic mass is 9.91. The minimum Gasteiger partial charge on any atom is -0.392 e. The Hall–Kier alpha value is -3.56. The van der Waals surface area contributed by atoms with Gasteiger partial charge in [0, 0.05) is 53.8 Å². The van der Waals surface area contributed by atoms with Gasteiger partial charge in [-0.3, -0.25) is 14.7 Å². The van der Waals surface area contributed by atoms with E-state index in [2.05, 4.69) is 10.2 Å². The minimum atomic E-state index is -0.496. The van der Waals surface area contributed by atoms with E-state index in [1.165, 1.54) is 27.1 Å². The fraction of sp³-hybridized carbons (Fsp3) is 0.387. The number of H-pyrrole nitrogens is 1. The SMILES string of the molecule is Cn1cc(-c2cc(F)cc(N3CCc4c(sc5c4CCCC5)C3=O)c2CO)cc(Cc2cc(C3CC3)n[nH]2)c1=O. The third-order valence-electron chi connectivity index (χ3n) is 8.54. The van der Waals surface area contributed by atoms with E-state index in [4.69, 9.17) is 0 Å². The van der Waals surface area contributed by atoms with Gasteiger partial charge in [0.1, 0.15) is 5.82 Å². The van der Waals surface area contributed by atoms with E-state index in [9.17, 15) is 14.7 Å². The summed E-state index contributed by atoms with van der Waals surface area (Å²) in [7, 11) is 1.67. The predicted molar refractivity (Wildman–Crippen MR) is 153 cm³/mol. The number of aliphatic hydroxyl groups excluding tert-OH is 1. The first kappa shape index (κ1) is 25.4. The summed E-state index contributed by atoms with van der Waals surface area (Å²) in [4.78, 5) is 30.5. The highest BCUT2D eigenvalue weighted by Crippen LogP contribution is 2.41. The zero-order valence-corrected chi connectivity index (χ0v) is 23.2. The molecule has 0 atom stereocenters. The molecule has 0 spiro atoms. The first-order valence-electron chi connectivity index (χ1n) is 14.0. The maximum Gasteiger partial charge on any atom is 0.268 e. The number of thiophene rings is 1. The third kappa shape index (κ3) is 4.32. The lowest BCUT2D eigenvalue weighted by Crippen LogP contribution is -2.37. The molecule has 1 amide bonds. The number of nitrogens with one attached hydrogen (secondary N) is 1. The maximum atomic E-state index is 15.2. The van der Waals surface area contributed by atoms with Gasteiger partial charge in [-0.25, -0.2) is 4.39 Å². The number of halogens is 1. The number of aryl methyl sites for hydroxylation is 2. The standard InChI is InChI=1S/C31H31FN4O3S/c1-35-15-19(10-18(30(35)38)11-21-14-26(34-33-21)17-6-7-17)24-12-20(32)13-27(25(24)16-37)36-9-8-23-22-4-2-3-5-28(22)40-29(23)31(36)39/h10,12-15,17,37H,2-9,11,16H2,1H3,(H,33,34). The summed E-state index contributed by atoms with van der Waals surface area (Å²) in [6, 6.07) is 6.51. The fourth-order valence-corrected chi connectivity index (χ4v) is 7.74. The number of hydrogen-bond donors (Lipinski definition) is 2. The van der Waals surface area contributed by atoms with Crippen LogP contribution in [0, 0.1) is 5.82 Å². The number of anilines is 1. The summed E-state index contributed by atoms with van der Waals surface area (Å²) in [6.45, 7) is 0.0680. The zero-order chi connectivity index (χ0) is 27.5. The Morgan fingerprint density at radius 2 is 1.93 bits per heavy atom. The van der Waals surface area contributed by atoms with E-state index < -0.39 is 5.82 Å². The van der Waals surface area contributed by atoms with Crippen molar-refractivity contribution in [3.8, 4) is 11.1 Å². The molecule has 0 saturated heterocycles. The van der Waals surface area contributed by atoms with Crippen molar-refractivity contribution >= 4 is 22.9 Å². The monoisotopic (exact) mass is 558 g/mol. The lowest BCUT2D eigenvalue weighted by molar-refractivity contribution is 0.0984. The number of fused-ring (bicyclic) bond motifs is 3. The second-order valence-corrected chi connectivity index (χ2v) is 12.4. The molecule has 1 aromatic carbocycles. The van der Waals surface area contributed by atoms with Crippen molar-refractivity contribution in [2.24, 2.45) is 7.05 Å². The Bertz CT molecular complexity index is 1710. The number of pyridine rings is 1. The molecule has 7 nitrogen and oxygen atoms in total. The van der Waals surface area contributed by atoms with Crippen LogP contribution in [0.5, 0.6) is 0 Å².